The maximum atomic E-state index is 10.9. The third kappa shape index (κ3) is 5.72. The van der Waals surface area contributed by atoms with Crippen molar-refractivity contribution in [2.45, 2.75) is 33.6 Å². The quantitative estimate of drug-likeness (QED) is 0.725. The van der Waals surface area contributed by atoms with E-state index in [0.29, 0.717) is 10.2 Å². The van der Waals surface area contributed by atoms with Crippen molar-refractivity contribution in [1.82, 2.24) is 4.90 Å². The summed E-state index contributed by atoms with van der Waals surface area (Å²) in [5.74, 6) is 0.446. The Hall–Kier alpha value is -1.05. The first-order valence-corrected chi connectivity index (χ1v) is 10.5. The highest BCUT2D eigenvalue weighted by atomic mass is 32.2. The second-order valence-corrected chi connectivity index (χ2v) is 9.65. The van der Waals surface area contributed by atoms with Crippen LogP contribution in [0.5, 0.6) is 0 Å². The summed E-state index contributed by atoms with van der Waals surface area (Å²) in [5, 5.41) is 9.78. The molecule has 0 atom stereocenters. The molecule has 0 amide bonds. The summed E-state index contributed by atoms with van der Waals surface area (Å²) in [6, 6.07) is 8.14. The molecule has 2 rings (SSSR count). The van der Waals surface area contributed by atoms with Gasteiger partial charge in [-0.2, -0.15) is 0 Å². The molecule has 1 aliphatic rings. The Balaban J connectivity index is 2.33. The molecule has 1 aromatic carbocycles. The van der Waals surface area contributed by atoms with Crippen molar-refractivity contribution in [3.63, 3.8) is 0 Å². The standard InChI is InChI=1S/C18H24N2O2S3/c1-12(2)13-7-5-6-8-14(13)19-16-20(10-18(3,4)11-25-16)17(23)24-9-15(21)22/h5-8,12H,9-11H2,1-4H3,(H,21,22). The number of carboxylic acids is 1. The number of hydrogen-bond acceptors (Lipinski definition) is 5. The van der Waals surface area contributed by atoms with Gasteiger partial charge in [0, 0.05) is 12.3 Å². The van der Waals surface area contributed by atoms with Crippen molar-refractivity contribution in [1.29, 1.82) is 0 Å². The van der Waals surface area contributed by atoms with Gasteiger partial charge in [0.1, 0.15) is 4.32 Å². The molecule has 1 heterocycles. The highest BCUT2D eigenvalue weighted by molar-refractivity contribution is 8.23. The average Bonchev–Trinajstić information content (AvgIpc) is 2.54. The minimum absolute atomic E-state index is 0.0315. The molecule has 0 aromatic heterocycles. The summed E-state index contributed by atoms with van der Waals surface area (Å²) in [5.41, 5.74) is 2.25. The van der Waals surface area contributed by atoms with Crippen LogP contribution >= 0.6 is 35.7 Å². The number of nitrogens with zero attached hydrogens (tertiary/aromatic N) is 2. The van der Waals surface area contributed by atoms with Gasteiger partial charge in [0.05, 0.1) is 11.4 Å². The lowest BCUT2D eigenvalue weighted by Gasteiger charge is -2.39. The normalized spacial score (nSPS) is 18.6. The molecule has 1 fully saturated rings. The molecule has 1 N–H and O–H groups in total. The van der Waals surface area contributed by atoms with Crippen LogP contribution in [0.1, 0.15) is 39.2 Å². The van der Waals surface area contributed by atoms with Crippen molar-refractivity contribution in [2.24, 2.45) is 10.4 Å². The Labute approximate surface area is 163 Å². The Morgan fingerprint density at radius 1 is 1.44 bits per heavy atom. The molecular formula is C18H24N2O2S3. The molecule has 0 aliphatic carbocycles. The van der Waals surface area contributed by atoms with E-state index in [-0.39, 0.29) is 11.2 Å². The second kappa shape index (κ2) is 8.56. The zero-order valence-electron chi connectivity index (χ0n) is 15.0. The van der Waals surface area contributed by atoms with Gasteiger partial charge in [-0.1, -0.05) is 81.6 Å². The van der Waals surface area contributed by atoms with E-state index in [1.54, 1.807) is 11.8 Å². The van der Waals surface area contributed by atoms with Crippen LogP contribution in [0.25, 0.3) is 0 Å². The van der Waals surface area contributed by atoms with Gasteiger partial charge < -0.3 is 10.0 Å². The molecule has 1 aliphatic heterocycles. The fourth-order valence-corrected chi connectivity index (χ4v) is 4.58. The number of thiocarbonyl (C=S) groups is 1. The minimum atomic E-state index is -0.861. The largest absolute Gasteiger partial charge is 0.481 e. The van der Waals surface area contributed by atoms with Gasteiger partial charge in [0.2, 0.25) is 0 Å². The van der Waals surface area contributed by atoms with Crippen LogP contribution in [-0.4, -0.2) is 43.5 Å². The predicted octanol–water partition coefficient (Wildman–Crippen LogP) is 4.98. The number of benzene rings is 1. The first-order chi connectivity index (χ1) is 11.7. The topological polar surface area (TPSA) is 52.9 Å². The monoisotopic (exact) mass is 396 g/mol. The van der Waals surface area contributed by atoms with Crippen molar-refractivity contribution in [2.75, 3.05) is 18.1 Å². The Kier molecular flexibility index (Phi) is 6.93. The summed E-state index contributed by atoms with van der Waals surface area (Å²) in [4.78, 5) is 17.8. The second-order valence-electron chi connectivity index (χ2n) is 7.10. The summed E-state index contributed by atoms with van der Waals surface area (Å²) >= 11 is 8.37. The number of hydrogen-bond donors (Lipinski definition) is 1. The third-order valence-corrected chi connectivity index (χ3v) is 6.65. The maximum absolute atomic E-state index is 10.9. The van der Waals surface area contributed by atoms with Crippen molar-refractivity contribution < 1.29 is 9.90 Å². The molecule has 0 spiro atoms. The van der Waals surface area contributed by atoms with Gasteiger partial charge in [0.25, 0.3) is 0 Å². The van der Waals surface area contributed by atoms with Gasteiger partial charge >= 0.3 is 5.97 Å². The SMILES string of the molecule is CC(C)c1ccccc1N=C1SCC(C)(C)CN1C(=S)SCC(=O)O. The van der Waals surface area contributed by atoms with Crippen LogP contribution < -0.4 is 0 Å². The van der Waals surface area contributed by atoms with E-state index < -0.39 is 5.97 Å². The van der Waals surface area contributed by atoms with Crippen LogP contribution in [0, 0.1) is 5.41 Å². The number of rotatable bonds is 4. The average molecular weight is 397 g/mol. The number of thioether (sulfide) groups is 2. The highest BCUT2D eigenvalue weighted by Crippen LogP contribution is 2.35. The Morgan fingerprint density at radius 3 is 2.76 bits per heavy atom. The fourth-order valence-electron chi connectivity index (χ4n) is 2.50. The van der Waals surface area contributed by atoms with E-state index >= 15 is 0 Å². The van der Waals surface area contributed by atoms with E-state index in [9.17, 15) is 4.79 Å². The molecule has 25 heavy (non-hydrogen) atoms. The summed E-state index contributed by atoms with van der Waals surface area (Å²) in [6.07, 6.45) is 0. The predicted molar refractivity (Wildman–Crippen MR) is 113 cm³/mol. The molecule has 0 radical (unpaired) electrons. The van der Waals surface area contributed by atoms with Gasteiger partial charge in [0.15, 0.2) is 5.17 Å². The molecular weight excluding hydrogens is 372 g/mol. The molecule has 0 bridgehead atoms. The zero-order chi connectivity index (χ0) is 18.6. The third-order valence-electron chi connectivity index (χ3n) is 3.72. The van der Waals surface area contributed by atoms with Crippen LogP contribution in [0.3, 0.4) is 0 Å². The lowest BCUT2D eigenvalue weighted by Crippen LogP contribution is -2.45. The van der Waals surface area contributed by atoms with Gasteiger partial charge in [-0.3, -0.25) is 4.79 Å². The molecule has 0 saturated carbocycles. The van der Waals surface area contributed by atoms with E-state index in [2.05, 4.69) is 33.8 Å². The van der Waals surface area contributed by atoms with Crippen molar-refractivity contribution in [3.05, 3.63) is 29.8 Å². The number of aliphatic imine (C=N–C) groups is 1. The zero-order valence-corrected chi connectivity index (χ0v) is 17.4. The molecule has 4 nitrogen and oxygen atoms in total. The van der Waals surface area contributed by atoms with E-state index in [1.165, 1.54) is 17.3 Å². The first kappa shape index (κ1) is 20.3. The highest BCUT2D eigenvalue weighted by Gasteiger charge is 2.33. The number of carbonyl (C=O) groups is 1. The number of para-hydroxylation sites is 1. The summed E-state index contributed by atoms with van der Waals surface area (Å²) in [6.45, 7) is 9.43. The summed E-state index contributed by atoms with van der Waals surface area (Å²) in [7, 11) is 0. The van der Waals surface area contributed by atoms with Gasteiger partial charge in [-0.15, -0.1) is 0 Å². The minimum Gasteiger partial charge on any atom is -0.481 e. The van der Waals surface area contributed by atoms with E-state index in [0.717, 1.165) is 23.2 Å². The molecule has 7 heteroatoms. The Bertz CT molecular complexity index is 687. The number of amidine groups is 1. The van der Waals surface area contributed by atoms with Crippen LogP contribution in [-0.2, 0) is 4.79 Å². The van der Waals surface area contributed by atoms with Crippen LogP contribution in [0.4, 0.5) is 5.69 Å². The van der Waals surface area contributed by atoms with Crippen LogP contribution in [0.15, 0.2) is 29.3 Å². The van der Waals surface area contributed by atoms with E-state index in [4.69, 9.17) is 22.3 Å². The first-order valence-electron chi connectivity index (χ1n) is 8.16. The van der Waals surface area contributed by atoms with Crippen molar-refractivity contribution >= 4 is 56.9 Å². The van der Waals surface area contributed by atoms with E-state index in [1.807, 2.05) is 23.1 Å². The number of aliphatic carboxylic acids is 1. The Morgan fingerprint density at radius 2 is 2.12 bits per heavy atom. The number of carboxylic acid groups (broad SMARTS) is 1. The van der Waals surface area contributed by atoms with Gasteiger partial charge in [-0.25, -0.2) is 4.99 Å². The molecule has 1 aromatic rings. The maximum Gasteiger partial charge on any atom is 0.313 e. The van der Waals surface area contributed by atoms with Gasteiger partial charge in [-0.05, 0) is 23.0 Å². The molecule has 136 valence electrons. The smallest absolute Gasteiger partial charge is 0.313 e. The molecule has 0 unspecified atom stereocenters. The lowest BCUT2D eigenvalue weighted by molar-refractivity contribution is -0.133. The molecule has 1 saturated heterocycles. The lowest BCUT2D eigenvalue weighted by atomic mass is 9.96. The van der Waals surface area contributed by atoms with Crippen molar-refractivity contribution in [3.8, 4) is 0 Å². The van der Waals surface area contributed by atoms with Crippen LogP contribution in [0.2, 0.25) is 0 Å². The summed E-state index contributed by atoms with van der Waals surface area (Å²) < 4.78 is 0.573. The fraction of sp³-hybridized carbons (Fsp3) is 0.500.